The monoisotopic (exact) mass is 396 g/mol. The zero-order valence-electron chi connectivity index (χ0n) is 15.5. The van der Waals surface area contributed by atoms with Crippen LogP contribution in [0.5, 0.6) is 5.75 Å². The molecular weight excluding hydrogens is 371 g/mol. The average Bonchev–Trinajstić information content (AvgIpc) is 3.25. The number of rotatable bonds is 6. The van der Waals surface area contributed by atoms with E-state index in [-0.39, 0.29) is 11.9 Å². The first-order valence-corrected chi connectivity index (χ1v) is 9.95. The van der Waals surface area contributed by atoms with Gasteiger partial charge < -0.3 is 14.8 Å². The molecule has 1 aliphatic carbocycles. The van der Waals surface area contributed by atoms with Gasteiger partial charge >= 0.3 is 0 Å². The van der Waals surface area contributed by atoms with Gasteiger partial charge in [0.05, 0.1) is 17.5 Å². The number of hydrogen-bond acceptors (Lipinski definition) is 4. The van der Waals surface area contributed by atoms with Crippen molar-refractivity contribution < 1.29 is 18.7 Å². The number of nitrogens with one attached hydrogen (secondary N) is 1. The molecule has 5 nitrogen and oxygen atoms in total. The van der Waals surface area contributed by atoms with Crippen LogP contribution in [0, 0.1) is 11.3 Å². The van der Waals surface area contributed by atoms with Crippen molar-refractivity contribution in [2.45, 2.75) is 37.9 Å². The lowest BCUT2D eigenvalue weighted by Gasteiger charge is -2.41. The van der Waals surface area contributed by atoms with Crippen LogP contribution in [0.1, 0.15) is 24.8 Å². The summed E-state index contributed by atoms with van der Waals surface area (Å²) >= 11 is 6.11. The van der Waals surface area contributed by atoms with Crippen LogP contribution in [0.15, 0.2) is 18.2 Å². The van der Waals surface area contributed by atoms with E-state index in [1.54, 1.807) is 7.11 Å². The topological polar surface area (TPSA) is 50.8 Å². The molecule has 1 aromatic carbocycles. The van der Waals surface area contributed by atoms with Crippen molar-refractivity contribution in [2.75, 3.05) is 33.5 Å². The highest BCUT2D eigenvalue weighted by molar-refractivity contribution is 6.32. The number of benzene rings is 1. The standard InChI is InChI=1S/C20H26ClFN2O3/c1-26-17-8-13(2-3-15(17)21)10-24-11-14-9-16(24)18(14)23-19(25)20(12-22)4-6-27-7-5-20/h2-3,8,14,16,18H,4-7,9-12H2,1H3,(H,23,25). The summed E-state index contributed by atoms with van der Waals surface area (Å²) in [4.78, 5) is 15.2. The second kappa shape index (κ2) is 7.57. The van der Waals surface area contributed by atoms with Gasteiger partial charge in [0, 0.05) is 38.4 Å². The SMILES string of the molecule is COc1cc(CN2CC3CC2C3NC(=O)C2(CF)CCOCC2)ccc1Cl. The largest absolute Gasteiger partial charge is 0.495 e. The summed E-state index contributed by atoms with van der Waals surface area (Å²) in [7, 11) is 1.61. The molecule has 0 spiro atoms. The molecule has 3 saturated heterocycles. The lowest BCUT2D eigenvalue weighted by atomic mass is 9.76. The first-order valence-electron chi connectivity index (χ1n) is 9.57. The van der Waals surface area contributed by atoms with Gasteiger partial charge in [-0.2, -0.15) is 0 Å². The molecule has 3 heterocycles. The van der Waals surface area contributed by atoms with Gasteiger partial charge in [0.25, 0.3) is 0 Å². The van der Waals surface area contributed by atoms with E-state index in [9.17, 15) is 9.18 Å². The maximum Gasteiger partial charge on any atom is 0.229 e. The van der Waals surface area contributed by atoms with E-state index >= 15 is 0 Å². The molecule has 1 saturated carbocycles. The second-order valence-corrected chi connectivity index (χ2v) is 8.39. The molecule has 5 rings (SSSR count). The normalized spacial score (nSPS) is 29.2. The van der Waals surface area contributed by atoms with Crippen molar-refractivity contribution in [2.24, 2.45) is 11.3 Å². The van der Waals surface area contributed by atoms with E-state index in [1.165, 1.54) is 0 Å². The Morgan fingerprint density at radius 1 is 1.44 bits per heavy atom. The van der Waals surface area contributed by atoms with Crippen molar-refractivity contribution >= 4 is 17.5 Å². The Morgan fingerprint density at radius 3 is 2.93 bits per heavy atom. The number of methoxy groups -OCH3 is 1. The van der Waals surface area contributed by atoms with Crippen LogP contribution >= 0.6 is 11.6 Å². The van der Waals surface area contributed by atoms with Crippen LogP contribution in [0.2, 0.25) is 5.02 Å². The Morgan fingerprint density at radius 2 is 2.22 bits per heavy atom. The van der Waals surface area contributed by atoms with Crippen LogP contribution in [-0.4, -0.2) is 56.4 Å². The molecule has 1 aromatic rings. The maximum atomic E-state index is 13.7. The van der Waals surface area contributed by atoms with E-state index in [4.69, 9.17) is 21.1 Å². The minimum Gasteiger partial charge on any atom is -0.495 e. The summed E-state index contributed by atoms with van der Waals surface area (Å²) in [5.41, 5.74) is 0.236. The molecule has 2 bridgehead atoms. The summed E-state index contributed by atoms with van der Waals surface area (Å²) < 4.78 is 24.3. The summed E-state index contributed by atoms with van der Waals surface area (Å²) in [5, 5.41) is 3.77. The lowest BCUT2D eigenvalue weighted by Crippen LogP contribution is -2.58. The molecule has 4 fully saturated rings. The van der Waals surface area contributed by atoms with Crippen molar-refractivity contribution in [3.63, 3.8) is 0 Å². The third kappa shape index (κ3) is 3.43. The third-order valence-corrected chi connectivity index (χ3v) is 6.80. The predicted molar refractivity (Wildman–Crippen MR) is 101 cm³/mol. The van der Waals surface area contributed by atoms with Gasteiger partial charge in [-0.3, -0.25) is 9.69 Å². The Labute approximate surface area is 164 Å². The Kier molecular flexibility index (Phi) is 5.32. The van der Waals surface area contributed by atoms with Crippen LogP contribution < -0.4 is 10.1 Å². The Bertz CT molecular complexity index is 710. The number of halogens is 2. The Balaban J connectivity index is 1.38. The van der Waals surface area contributed by atoms with Gasteiger partial charge in [-0.05, 0) is 42.9 Å². The third-order valence-electron chi connectivity index (χ3n) is 6.49. The maximum absolute atomic E-state index is 13.7. The minimum atomic E-state index is -0.901. The van der Waals surface area contributed by atoms with Crippen LogP contribution in [0.4, 0.5) is 4.39 Å². The highest BCUT2D eigenvalue weighted by atomic mass is 35.5. The fourth-order valence-corrected chi connectivity index (χ4v) is 4.84. The number of fused-ring (bicyclic) bond motifs is 1. The van der Waals surface area contributed by atoms with E-state index in [0.29, 0.717) is 48.8 Å². The highest BCUT2D eigenvalue weighted by Crippen LogP contribution is 2.43. The van der Waals surface area contributed by atoms with Gasteiger partial charge in [0.1, 0.15) is 12.4 Å². The number of hydrogen-bond donors (Lipinski definition) is 1. The molecule has 148 valence electrons. The number of nitrogens with zero attached hydrogens (tertiary/aromatic N) is 1. The van der Waals surface area contributed by atoms with Gasteiger partial charge in [0.15, 0.2) is 0 Å². The second-order valence-electron chi connectivity index (χ2n) is 7.99. The zero-order chi connectivity index (χ0) is 19.0. The van der Waals surface area contributed by atoms with Crippen molar-refractivity contribution in [3.05, 3.63) is 28.8 Å². The summed E-state index contributed by atoms with van der Waals surface area (Å²) in [6.45, 7) is 2.05. The zero-order valence-corrected chi connectivity index (χ0v) is 16.3. The Hall–Kier alpha value is -1.37. The van der Waals surface area contributed by atoms with Crippen molar-refractivity contribution in [3.8, 4) is 5.75 Å². The van der Waals surface area contributed by atoms with Gasteiger partial charge in [-0.15, -0.1) is 0 Å². The van der Waals surface area contributed by atoms with Gasteiger partial charge in [-0.1, -0.05) is 17.7 Å². The number of ether oxygens (including phenoxy) is 2. The first kappa shape index (κ1) is 19.0. The number of carbonyl (C=O) groups excluding carboxylic acids is 1. The minimum absolute atomic E-state index is 0.123. The summed E-state index contributed by atoms with van der Waals surface area (Å²) in [6, 6.07) is 6.26. The van der Waals surface area contributed by atoms with E-state index in [1.807, 2.05) is 18.2 Å². The lowest BCUT2D eigenvalue weighted by molar-refractivity contribution is -0.140. The summed E-state index contributed by atoms with van der Waals surface area (Å²) in [6.07, 6.45) is 2.01. The van der Waals surface area contributed by atoms with Crippen LogP contribution in [-0.2, 0) is 16.1 Å². The molecule has 7 heteroatoms. The van der Waals surface area contributed by atoms with Gasteiger partial charge in [-0.25, -0.2) is 4.39 Å². The number of alkyl halides is 1. The molecule has 0 aromatic heterocycles. The molecule has 0 radical (unpaired) electrons. The number of carbonyl (C=O) groups is 1. The smallest absolute Gasteiger partial charge is 0.229 e. The van der Waals surface area contributed by atoms with E-state index in [2.05, 4.69) is 10.2 Å². The number of amides is 1. The van der Waals surface area contributed by atoms with Crippen molar-refractivity contribution in [1.29, 1.82) is 0 Å². The molecule has 3 aliphatic heterocycles. The fourth-order valence-electron chi connectivity index (χ4n) is 4.64. The average molecular weight is 397 g/mol. The van der Waals surface area contributed by atoms with Gasteiger partial charge in [0.2, 0.25) is 5.91 Å². The summed E-state index contributed by atoms with van der Waals surface area (Å²) in [5.74, 6) is 0.989. The van der Waals surface area contributed by atoms with Crippen LogP contribution in [0.3, 0.4) is 0 Å². The molecular formula is C20H26ClFN2O3. The van der Waals surface area contributed by atoms with Crippen molar-refractivity contribution in [1.82, 2.24) is 10.2 Å². The molecule has 3 unspecified atom stereocenters. The molecule has 3 atom stereocenters. The molecule has 4 aliphatic rings. The predicted octanol–water partition coefficient (Wildman–Crippen LogP) is 2.80. The van der Waals surface area contributed by atoms with Crippen LogP contribution in [0.25, 0.3) is 0 Å². The van der Waals surface area contributed by atoms with E-state index < -0.39 is 12.1 Å². The molecule has 1 N–H and O–H groups in total. The molecule has 1 amide bonds. The molecule has 27 heavy (non-hydrogen) atoms. The highest BCUT2D eigenvalue weighted by Gasteiger charge is 2.54. The quantitative estimate of drug-likeness (QED) is 0.803. The first-order chi connectivity index (χ1) is 13.1. The fraction of sp³-hybridized carbons (Fsp3) is 0.650. The van der Waals surface area contributed by atoms with E-state index in [0.717, 1.165) is 25.1 Å².